The molecule has 2 aromatic heterocycles. The smallest absolute Gasteiger partial charge is 0.393 e. The van der Waals surface area contributed by atoms with Crippen LogP contribution in [0.5, 0.6) is 0 Å². The highest BCUT2D eigenvalue weighted by molar-refractivity contribution is 6.59. The fraction of sp³-hybridized carbons (Fsp3) is 0.300. The Morgan fingerprint density at radius 3 is 0.946 bits per heavy atom. The van der Waals surface area contributed by atoms with Crippen LogP contribution in [0.2, 0.25) is 0 Å². The number of anilines is 2. The van der Waals surface area contributed by atoms with Gasteiger partial charge in [0.15, 0.2) is 11.4 Å². The van der Waals surface area contributed by atoms with E-state index in [-0.39, 0.29) is 0 Å². The van der Waals surface area contributed by atoms with Crippen molar-refractivity contribution >= 4 is 47.9 Å². The minimum Gasteiger partial charge on any atom is -0.393 e. The molecule has 0 radical (unpaired) electrons. The lowest BCUT2D eigenvalue weighted by atomic mass is 9.83. The molecular weight excluding hydrogens is 1140 g/mol. The third-order valence-electron chi connectivity index (χ3n) is 18.3. The Morgan fingerprint density at radius 1 is 0.380 bits per heavy atom. The highest BCUT2D eigenvalue weighted by atomic mass is 19.3. The first-order chi connectivity index (χ1) is 44.3. The SMILES string of the molecule is CCCCN(CCCC)c1ccc(C#Cc2cc(C#Cc3ccc(C4=C5C(C)=CC(C)=[N+]5[B-](F)(F)n5c(C)cc(C)c54)cc3)c(C#Cc3ccc(C4=C5C(C)=CC(C)=[N+]5[B-](F)(F)n5c(C)cc(C)c54)cc3)cc2C#Cc2ccc(N(CCCC)CCCC)cc2)cc1. The Kier molecular flexibility index (Phi) is 18.7. The number of benzene rings is 5. The minimum absolute atomic E-state index is 0.512. The van der Waals surface area contributed by atoms with Crippen LogP contribution in [0.25, 0.3) is 11.1 Å². The summed E-state index contributed by atoms with van der Waals surface area (Å²) in [5.74, 6) is 27.9. The predicted molar refractivity (Wildman–Crippen MR) is 376 cm³/mol. The van der Waals surface area contributed by atoms with Gasteiger partial charge in [-0.3, -0.25) is 0 Å². The number of fused-ring (bicyclic) bond motifs is 4. The monoisotopic (exact) mass is 1220 g/mol. The van der Waals surface area contributed by atoms with E-state index in [1.165, 1.54) is 29.3 Å². The van der Waals surface area contributed by atoms with Crippen molar-refractivity contribution < 1.29 is 26.2 Å². The van der Waals surface area contributed by atoms with Gasteiger partial charge in [0.2, 0.25) is 0 Å². The zero-order valence-electron chi connectivity index (χ0n) is 55.5. The predicted octanol–water partition coefficient (Wildman–Crippen LogP) is 17.8. The van der Waals surface area contributed by atoms with Crippen LogP contribution in [0.3, 0.4) is 0 Å². The van der Waals surface area contributed by atoms with E-state index >= 15 is 17.3 Å². The van der Waals surface area contributed by atoms with Crippen LogP contribution >= 0.6 is 0 Å². The summed E-state index contributed by atoms with van der Waals surface area (Å²) in [4.78, 5) is 4.95. The van der Waals surface area contributed by atoms with E-state index in [1.54, 1.807) is 27.7 Å². The van der Waals surface area contributed by atoms with Gasteiger partial charge in [0, 0.05) is 131 Å². The van der Waals surface area contributed by atoms with Crippen LogP contribution in [0.1, 0.15) is 196 Å². The van der Waals surface area contributed by atoms with Crippen molar-refractivity contribution in [2.45, 2.75) is 134 Å². The average Bonchev–Trinajstić information content (AvgIpc) is 1.52. The van der Waals surface area contributed by atoms with Gasteiger partial charge in [-0.2, -0.15) is 0 Å². The molecule has 5 aromatic carbocycles. The maximum absolute atomic E-state index is 16.6. The third kappa shape index (κ3) is 12.5. The fourth-order valence-corrected chi connectivity index (χ4v) is 13.8. The third-order valence-corrected chi connectivity index (χ3v) is 18.3. The van der Waals surface area contributed by atoms with E-state index in [9.17, 15) is 0 Å². The second-order valence-electron chi connectivity index (χ2n) is 25.3. The van der Waals surface area contributed by atoms with E-state index in [0.717, 1.165) is 144 Å². The summed E-state index contributed by atoms with van der Waals surface area (Å²) in [6, 6.07) is 40.5. The molecular formula is C80H82B2F4N6. The van der Waals surface area contributed by atoms with Crippen LogP contribution in [0.4, 0.5) is 28.6 Å². The normalized spacial score (nSPS) is 14.8. The van der Waals surface area contributed by atoms with E-state index in [2.05, 4.69) is 133 Å². The molecule has 11 rings (SSSR count). The molecule has 0 fully saturated rings. The summed E-state index contributed by atoms with van der Waals surface area (Å²) in [5, 5.41) is 0. The zero-order chi connectivity index (χ0) is 65.2. The van der Waals surface area contributed by atoms with Crippen molar-refractivity contribution in [3.63, 3.8) is 0 Å². The molecule has 12 heteroatoms. The first-order valence-electron chi connectivity index (χ1n) is 33.0. The molecule has 0 saturated carbocycles. The van der Waals surface area contributed by atoms with Crippen LogP contribution < -0.4 is 9.80 Å². The lowest BCUT2D eigenvalue weighted by molar-refractivity contribution is -0.364. The topological polar surface area (TPSA) is 22.4 Å². The summed E-state index contributed by atoms with van der Waals surface area (Å²) >= 11 is 0. The molecule has 7 aromatic rings. The molecule has 4 aliphatic heterocycles. The van der Waals surface area contributed by atoms with Crippen LogP contribution in [0.15, 0.2) is 156 Å². The fourth-order valence-electron chi connectivity index (χ4n) is 13.8. The van der Waals surface area contributed by atoms with E-state index in [1.807, 2.05) is 113 Å². The molecule has 6 heterocycles. The maximum Gasteiger partial charge on any atom is 0.737 e. The van der Waals surface area contributed by atoms with Crippen molar-refractivity contribution in [3.05, 3.63) is 246 Å². The van der Waals surface area contributed by atoms with Crippen molar-refractivity contribution in [2.24, 2.45) is 0 Å². The number of hydrogen-bond donors (Lipinski definition) is 0. The number of halogens is 4. The molecule has 0 unspecified atom stereocenters. The largest absolute Gasteiger partial charge is 0.737 e. The Hall–Kier alpha value is -9.35. The standard InChI is InChI=1S/C80H82B2F4N6/c1-13-17-45-87(46-18-14-2)73-41-29-65(30-42-73)27-39-71-53-69(37-25-63-21-33-67(34-22-63)75-77-55(5)49-59(9)89(77)81(83,84)90-60(10)50-56(6)78(75)90)70(54-72(71)40-28-66-31-43-74(44-32-66)88(47-19-15-3)48-20-16-4)38-26-64-23-35-68(36-24-64)76-79-57(7)51-61(11)91(79)82(85,86)92-62(12)52-58(8)80(76)92/h21-24,29-36,41-44,49-54H,13-20,45-48H2,1-12H3. The van der Waals surface area contributed by atoms with Gasteiger partial charge in [0.1, 0.15) is 11.4 Å². The lowest BCUT2D eigenvalue weighted by Gasteiger charge is -2.34. The van der Waals surface area contributed by atoms with Gasteiger partial charge in [-0.25, -0.2) is 0 Å². The number of unbranched alkanes of at least 4 members (excludes halogenated alkanes) is 4. The van der Waals surface area contributed by atoms with Crippen LogP contribution in [0, 0.1) is 75.1 Å². The van der Waals surface area contributed by atoms with Crippen LogP contribution in [-0.4, -0.2) is 69.5 Å². The molecule has 6 nitrogen and oxygen atoms in total. The lowest BCUT2D eigenvalue weighted by Crippen LogP contribution is -2.51. The van der Waals surface area contributed by atoms with Gasteiger partial charge >= 0.3 is 13.9 Å². The summed E-state index contributed by atoms with van der Waals surface area (Å²) in [6.07, 6.45) is 12.7. The van der Waals surface area contributed by atoms with Gasteiger partial charge in [-0.1, -0.05) is 125 Å². The van der Waals surface area contributed by atoms with Crippen molar-refractivity contribution in [1.82, 2.24) is 8.96 Å². The van der Waals surface area contributed by atoms with Gasteiger partial charge in [0.05, 0.1) is 11.1 Å². The minimum atomic E-state index is -4.12. The molecule has 0 N–H and O–H groups in total. The average molecular weight is 1230 g/mol. The van der Waals surface area contributed by atoms with Gasteiger partial charge in [-0.15, -0.1) is 0 Å². The maximum atomic E-state index is 16.6. The Bertz CT molecular complexity index is 4230. The number of aromatic nitrogens is 2. The molecule has 0 spiro atoms. The molecule has 92 heavy (non-hydrogen) atoms. The molecule has 466 valence electrons. The van der Waals surface area contributed by atoms with Gasteiger partial charge in [-0.05, 0) is 198 Å². The first-order valence-corrected chi connectivity index (χ1v) is 33.0. The van der Waals surface area contributed by atoms with E-state index in [0.29, 0.717) is 67.8 Å². The number of nitrogens with zero attached hydrogens (tertiary/aromatic N) is 6. The second-order valence-corrected chi connectivity index (χ2v) is 25.3. The summed E-state index contributed by atoms with van der Waals surface area (Å²) < 4.78 is 71.2. The summed E-state index contributed by atoms with van der Waals surface area (Å²) in [7, 11) is 0. The second kappa shape index (κ2) is 26.8. The van der Waals surface area contributed by atoms with Gasteiger partial charge < -0.3 is 45.0 Å². The van der Waals surface area contributed by atoms with E-state index < -0.39 is 13.9 Å². The van der Waals surface area contributed by atoms with Crippen molar-refractivity contribution in [1.29, 1.82) is 0 Å². The van der Waals surface area contributed by atoms with E-state index in [4.69, 9.17) is 0 Å². The molecule has 0 atom stereocenters. The zero-order valence-corrected chi connectivity index (χ0v) is 55.5. The van der Waals surface area contributed by atoms with Crippen molar-refractivity contribution in [3.8, 4) is 47.4 Å². The highest BCUT2D eigenvalue weighted by Gasteiger charge is 2.56. The summed E-state index contributed by atoms with van der Waals surface area (Å²) in [5.41, 5.74) is 18.7. The quantitative estimate of drug-likeness (QED) is 0.0547. The van der Waals surface area contributed by atoms with Crippen LogP contribution in [-0.2, 0) is 0 Å². The molecule has 4 aliphatic rings. The highest BCUT2D eigenvalue weighted by Crippen LogP contribution is 2.46. The number of rotatable bonds is 16. The van der Waals surface area contributed by atoms with Crippen molar-refractivity contribution in [2.75, 3.05) is 36.0 Å². The molecule has 0 bridgehead atoms. The number of allylic oxidation sites excluding steroid dienone is 4. The molecule has 0 saturated heterocycles. The Labute approximate surface area is 543 Å². The first kappa shape index (κ1) is 64.2. The number of aryl methyl sites for hydroxylation is 4. The summed E-state index contributed by atoms with van der Waals surface area (Å²) in [6.45, 7) is 19.3. The molecule has 0 aliphatic carbocycles. The van der Waals surface area contributed by atoms with Gasteiger partial charge in [0.25, 0.3) is 0 Å². The Morgan fingerprint density at radius 2 is 0.663 bits per heavy atom. The molecule has 0 amide bonds. The Balaban J connectivity index is 1.03. The number of hydrogen-bond acceptors (Lipinski definition) is 2.